The molecule has 0 heterocycles. The molecule has 4 aromatic carbocycles. The monoisotopic (exact) mass is 851 g/mol. The quantitative estimate of drug-likeness (QED) is 0.0934. The van der Waals surface area contributed by atoms with Crippen molar-refractivity contribution in [2.45, 2.75) is 234 Å². The van der Waals surface area contributed by atoms with Gasteiger partial charge in [-0.1, -0.05) is 169 Å². The van der Waals surface area contributed by atoms with Crippen LogP contribution in [0.5, 0.6) is 11.5 Å². The summed E-state index contributed by atoms with van der Waals surface area (Å²) in [4.78, 5) is 0. The van der Waals surface area contributed by atoms with Crippen LogP contribution in [0.1, 0.15) is 229 Å². The van der Waals surface area contributed by atoms with Crippen molar-refractivity contribution in [3.05, 3.63) is 81.9 Å². The first-order valence-electron chi connectivity index (χ1n) is 24.4. The molecule has 4 aromatic rings. The van der Waals surface area contributed by atoms with E-state index in [4.69, 9.17) is 13.6 Å². The van der Waals surface area contributed by atoms with E-state index in [9.17, 15) is 0 Å². The molecule has 5 rings (SSSR count). The molecule has 3 nitrogen and oxygen atoms in total. The molecule has 2 unspecified atom stereocenters. The van der Waals surface area contributed by atoms with Crippen molar-refractivity contribution in [3.63, 3.8) is 0 Å². The van der Waals surface area contributed by atoms with Crippen molar-refractivity contribution in [2.75, 3.05) is 0 Å². The van der Waals surface area contributed by atoms with Crippen LogP contribution >= 0.6 is 8.60 Å². The molecule has 0 saturated heterocycles. The standard InChI is InChI=1S/C57H87O3P/c1-20-52(8,9)41-30-39-32-47(56(16,17)24-5)50(36-43(39)45(34-41)54(12,13)22-3)59-61(58-49-29-27-26-28-38(49)7)60-51-37-44-40(33-48(51)57(18,19)25-6)31-42(53(10,11)21-2)35-46(44)55(14,15)23-4/h30-38,49H,20-29H2,1-19H3. The van der Waals surface area contributed by atoms with Gasteiger partial charge in [-0.3, -0.25) is 4.52 Å². The first kappa shape index (κ1) is 49.4. The molecule has 0 aromatic heterocycles. The molecule has 0 radical (unpaired) electrons. The lowest BCUT2D eigenvalue weighted by Gasteiger charge is -2.35. The minimum atomic E-state index is -1.85. The van der Waals surface area contributed by atoms with Gasteiger partial charge in [0.25, 0.3) is 0 Å². The van der Waals surface area contributed by atoms with Gasteiger partial charge in [0.1, 0.15) is 11.5 Å². The number of hydrogen-bond donors (Lipinski definition) is 0. The second kappa shape index (κ2) is 18.5. The second-order valence-electron chi connectivity index (χ2n) is 22.9. The van der Waals surface area contributed by atoms with Crippen LogP contribution in [0.3, 0.4) is 0 Å². The fourth-order valence-corrected chi connectivity index (χ4v) is 10.1. The van der Waals surface area contributed by atoms with E-state index in [1.54, 1.807) is 0 Å². The molecule has 0 amide bonds. The number of rotatable bonds is 18. The Morgan fingerprint density at radius 3 is 1.13 bits per heavy atom. The molecule has 2 atom stereocenters. The van der Waals surface area contributed by atoms with Gasteiger partial charge in [0, 0.05) is 11.1 Å². The first-order valence-corrected chi connectivity index (χ1v) is 25.5. The molecule has 0 aliphatic heterocycles. The average Bonchev–Trinajstić information content (AvgIpc) is 3.22. The molecule has 0 bridgehead atoms. The van der Waals surface area contributed by atoms with E-state index < -0.39 is 8.60 Å². The molecule has 4 heteroatoms. The van der Waals surface area contributed by atoms with Gasteiger partial charge in [0.2, 0.25) is 0 Å². The van der Waals surface area contributed by atoms with Crippen LogP contribution in [0.4, 0.5) is 0 Å². The molecule has 1 aliphatic rings. The van der Waals surface area contributed by atoms with Crippen molar-refractivity contribution < 1.29 is 13.6 Å². The Bertz CT molecular complexity index is 2010. The Balaban J connectivity index is 1.81. The zero-order valence-electron chi connectivity index (χ0n) is 42.5. The number of hydrogen-bond acceptors (Lipinski definition) is 3. The van der Waals surface area contributed by atoms with E-state index in [1.165, 1.54) is 74.2 Å². The van der Waals surface area contributed by atoms with Gasteiger partial charge in [0.05, 0.1) is 6.10 Å². The largest absolute Gasteiger partial charge is 0.463 e. The summed E-state index contributed by atoms with van der Waals surface area (Å²) in [5, 5.41) is 5.13. The zero-order valence-corrected chi connectivity index (χ0v) is 43.4. The number of fused-ring (bicyclic) bond motifs is 2. The van der Waals surface area contributed by atoms with Crippen molar-refractivity contribution >= 4 is 30.1 Å². The molecule has 0 N–H and O–H groups in total. The topological polar surface area (TPSA) is 27.7 Å². The van der Waals surface area contributed by atoms with E-state index >= 15 is 0 Å². The summed E-state index contributed by atoms with van der Waals surface area (Å²) in [7, 11) is -1.85. The van der Waals surface area contributed by atoms with Gasteiger partial charge in [-0.15, -0.1) is 0 Å². The molecule has 1 fully saturated rings. The van der Waals surface area contributed by atoms with E-state index in [1.807, 2.05) is 0 Å². The zero-order chi connectivity index (χ0) is 45.5. The fourth-order valence-electron chi connectivity index (χ4n) is 8.84. The van der Waals surface area contributed by atoms with Gasteiger partial charge in [-0.25, -0.2) is 0 Å². The maximum Gasteiger partial charge on any atom is 0.463 e. The molecule has 61 heavy (non-hydrogen) atoms. The van der Waals surface area contributed by atoms with Crippen LogP contribution in [0, 0.1) is 5.92 Å². The lowest BCUT2D eigenvalue weighted by molar-refractivity contribution is 0.0912. The van der Waals surface area contributed by atoms with Crippen molar-refractivity contribution in [1.29, 1.82) is 0 Å². The summed E-state index contributed by atoms with van der Waals surface area (Å²) in [5.74, 6) is 2.22. The van der Waals surface area contributed by atoms with E-state index in [-0.39, 0.29) is 38.6 Å². The summed E-state index contributed by atoms with van der Waals surface area (Å²) in [6.45, 7) is 44.8. The Labute approximate surface area is 375 Å². The van der Waals surface area contributed by atoms with Gasteiger partial charge >= 0.3 is 8.60 Å². The SMILES string of the molecule is CCC(C)(C)c1cc(C(C)(C)CC)c2cc(OP(Oc3cc4c(C(C)(C)CC)cc(C(C)(C)CC)cc4cc3C(C)(C)CC)OC3CCCCC3C)c(C(C)(C)CC)cc2c1. The first-order chi connectivity index (χ1) is 28.3. The lowest BCUT2D eigenvalue weighted by Crippen LogP contribution is -2.26. The summed E-state index contributed by atoms with van der Waals surface area (Å²) < 4.78 is 22.1. The average molecular weight is 851 g/mol. The van der Waals surface area contributed by atoms with Gasteiger partial charge in [-0.2, -0.15) is 0 Å². The van der Waals surface area contributed by atoms with Crippen LogP contribution in [0.25, 0.3) is 21.5 Å². The summed E-state index contributed by atoms with van der Waals surface area (Å²) in [6, 6.07) is 19.5. The van der Waals surface area contributed by atoms with Gasteiger partial charge < -0.3 is 9.05 Å². The highest BCUT2D eigenvalue weighted by Crippen LogP contribution is 2.53. The second-order valence-corrected chi connectivity index (χ2v) is 23.9. The van der Waals surface area contributed by atoms with E-state index in [0.29, 0.717) is 5.92 Å². The lowest BCUT2D eigenvalue weighted by atomic mass is 9.73. The summed E-state index contributed by atoms with van der Waals surface area (Å²) >= 11 is 0. The van der Waals surface area contributed by atoms with Crippen LogP contribution < -0.4 is 9.05 Å². The number of benzene rings is 4. The van der Waals surface area contributed by atoms with Crippen molar-refractivity contribution in [2.24, 2.45) is 5.92 Å². The highest BCUT2D eigenvalue weighted by Gasteiger charge is 2.36. The minimum absolute atomic E-state index is 0.0195. The molecular weight excluding hydrogens is 764 g/mol. The summed E-state index contributed by atoms with van der Waals surface area (Å²) in [5.41, 5.74) is 7.86. The van der Waals surface area contributed by atoms with Gasteiger partial charge in [0.15, 0.2) is 0 Å². The smallest absolute Gasteiger partial charge is 0.417 e. The molecule has 1 saturated carbocycles. The Kier molecular flexibility index (Phi) is 15.0. The Morgan fingerprint density at radius 2 is 0.787 bits per heavy atom. The fraction of sp³-hybridized carbons (Fsp3) is 0.649. The van der Waals surface area contributed by atoms with Crippen LogP contribution in [-0.4, -0.2) is 6.10 Å². The van der Waals surface area contributed by atoms with E-state index in [2.05, 4.69) is 180 Å². The van der Waals surface area contributed by atoms with Crippen LogP contribution in [0.2, 0.25) is 0 Å². The minimum Gasteiger partial charge on any atom is -0.417 e. The molecule has 1 aliphatic carbocycles. The normalized spacial score (nSPS) is 17.4. The van der Waals surface area contributed by atoms with Crippen molar-refractivity contribution in [1.82, 2.24) is 0 Å². The third kappa shape index (κ3) is 10.4. The van der Waals surface area contributed by atoms with E-state index in [0.717, 1.165) is 56.4 Å². The molecule has 338 valence electrons. The van der Waals surface area contributed by atoms with Crippen molar-refractivity contribution in [3.8, 4) is 11.5 Å². The third-order valence-corrected chi connectivity index (χ3v) is 17.6. The van der Waals surface area contributed by atoms with Crippen LogP contribution in [0.15, 0.2) is 48.5 Å². The highest BCUT2D eigenvalue weighted by atomic mass is 31.2. The van der Waals surface area contributed by atoms with Crippen LogP contribution in [-0.2, 0) is 37.0 Å². The molecule has 0 spiro atoms. The maximum absolute atomic E-state index is 7.45. The molecular formula is C57H87O3P. The maximum atomic E-state index is 7.45. The Morgan fingerprint density at radius 1 is 0.443 bits per heavy atom. The third-order valence-electron chi connectivity index (χ3n) is 16.5. The Hall–Kier alpha value is -2.61. The highest BCUT2D eigenvalue weighted by molar-refractivity contribution is 7.42. The predicted octanol–water partition coefficient (Wildman–Crippen LogP) is 18.4. The predicted molar refractivity (Wildman–Crippen MR) is 268 cm³/mol. The van der Waals surface area contributed by atoms with Gasteiger partial charge in [-0.05, 0) is 158 Å². The summed E-state index contributed by atoms with van der Waals surface area (Å²) in [6.07, 6.45) is 10.9.